The molecule has 0 radical (unpaired) electrons. The number of para-hydroxylation sites is 1. The standard InChI is InChI=1S/C16H17N3O2/c1-21-16-14(7-4-9-18-16)19-15(20)12-8-10-17-13-6-3-2-5-11(12)13/h2-7,9,12,17H,8,10H2,1H3,(H,19,20). The molecule has 0 aliphatic carbocycles. The van der Waals surface area contributed by atoms with E-state index in [9.17, 15) is 4.79 Å². The summed E-state index contributed by atoms with van der Waals surface area (Å²) in [5.74, 6) is 0.232. The lowest BCUT2D eigenvalue weighted by Gasteiger charge is -2.26. The highest BCUT2D eigenvalue weighted by Gasteiger charge is 2.26. The van der Waals surface area contributed by atoms with E-state index in [1.54, 1.807) is 18.3 Å². The van der Waals surface area contributed by atoms with Crippen molar-refractivity contribution in [2.45, 2.75) is 12.3 Å². The minimum Gasteiger partial charge on any atom is -0.480 e. The first-order valence-electron chi connectivity index (χ1n) is 6.92. The second kappa shape index (κ2) is 5.83. The molecule has 5 nitrogen and oxygen atoms in total. The third-order valence-electron chi connectivity index (χ3n) is 3.62. The van der Waals surface area contributed by atoms with Crippen LogP contribution >= 0.6 is 0 Å². The van der Waals surface area contributed by atoms with Crippen LogP contribution in [0.1, 0.15) is 17.9 Å². The number of anilines is 2. The summed E-state index contributed by atoms with van der Waals surface area (Å²) in [6.07, 6.45) is 2.40. The van der Waals surface area contributed by atoms with Gasteiger partial charge in [0.15, 0.2) is 0 Å². The van der Waals surface area contributed by atoms with Crippen LogP contribution in [0.2, 0.25) is 0 Å². The number of amides is 1. The molecule has 1 aromatic carbocycles. The lowest BCUT2D eigenvalue weighted by Crippen LogP contribution is -2.27. The zero-order valence-corrected chi connectivity index (χ0v) is 11.8. The van der Waals surface area contributed by atoms with Crippen LogP contribution in [-0.4, -0.2) is 24.5 Å². The van der Waals surface area contributed by atoms with Crippen molar-refractivity contribution >= 4 is 17.3 Å². The van der Waals surface area contributed by atoms with Crippen molar-refractivity contribution in [2.24, 2.45) is 0 Å². The van der Waals surface area contributed by atoms with Gasteiger partial charge in [-0.05, 0) is 30.2 Å². The molecular formula is C16H17N3O2. The Bertz CT molecular complexity index is 657. The van der Waals surface area contributed by atoms with Crippen LogP contribution in [0.4, 0.5) is 11.4 Å². The van der Waals surface area contributed by atoms with Gasteiger partial charge in [0, 0.05) is 18.4 Å². The number of aromatic nitrogens is 1. The van der Waals surface area contributed by atoms with Gasteiger partial charge in [-0.3, -0.25) is 4.79 Å². The molecule has 0 spiro atoms. The van der Waals surface area contributed by atoms with Gasteiger partial charge >= 0.3 is 0 Å². The maximum atomic E-state index is 12.6. The SMILES string of the molecule is COc1ncccc1NC(=O)C1CCNc2ccccc21. The average Bonchev–Trinajstić information content (AvgIpc) is 2.54. The molecular weight excluding hydrogens is 266 g/mol. The number of pyridine rings is 1. The predicted molar refractivity (Wildman–Crippen MR) is 81.7 cm³/mol. The highest BCUT2D eigenvalue weighted by atomic mass is 16.5. The molecule has 1 aliphatic heterocycles. The molecule has 0 bridgehead atoms. The fraction of sp³-hybridized carbons (Fsp3) is 0.250. The Balaban J connectivity index is 1.84. The Morgan fingerprint density at radius 3 is 3.05 bits per heavy atom. The van der Waals surface area contributed by atoms with E-state index in [4.69, 9.17) is 4.74 Å². The largest absolute Gasteiger partial charge is 0.480 e. The molecule has 0 saturated heterocycles. The molecule has 1 amide bonds. The Morgan fingerprint density at radius 1 is 1.33 bits per heavy atom. The lowest BCUT2D eigenvalue weighted by molar-refractivity contribution is -0.117. The third-order valence-corrected chi connectivity index (χ3v) is 3.62. The van der Waals surface area contributed by atoms with E-state index in [1.807, 2.05) is 24.3 Å². The van der Waals surface area contributed by atoms with Gasteiger partial charge in [0.25, 0.3) is 0 Å². The normalized spacial score (nSPS) is 16.5. The molecule has 3 rings (SSSR count). The first-order valence-corrected chi connectivity index (χ1v) is 6.92. The fourth-order valence-corrected chi connectivity index (χ4v) is 2.61. The van der Waals surface area contributed by atoms with Crippen molar-refractivity contribution < 1.29 is 9.53 Å². The van der Waals surface area contributed by atoms with Crippen LogP contribution in [0.25, 0.3) is 0 Å². The summed E-state index contributed by atoms with van der Waals surface area (Å²) in [5.41, 5.74) is 2.66. The quantitative estimate of drug-likeness (QED) is 0.909. The molecule has 5 heteroatoms. The summed E-state index contributed by atoms with van der Waals surface area (Å²) >= 11 is 0. The minimum atomic E-state index is -0.160. The maximum Gasteiger partial charge on any atom is 0.237 e. The van der Waals surface area contributed by atoms with Crippen LogP contribution in [0.15, 0.2) is 42.6 Å². The highest BCUT2D eigenvalue weighted by Crippen LogP contribution is 2.32. The maximum absolute atomic E-state index is 12.6. The van der Waals surface area contributed by atoms with E-state index in [0.717, 1.165) is 24.2 Å². The molecule has 1 unspecified atom stereocenters. The number of hydrogen-bond donors (Lipinski definition) is 2. The highest BCUT2D eigenvalue weighted by molar-refractivity contribution is 5.98. The van der Waals surface area contributed by atoms with Crippen LogP contribution in [-0.2, 0) is 4.79 Å². The molecule has 108 valence electrons. The molecule has 1 aliphatic rings. The Morgan fingerprint density at radius 2 is 2.19 bits per heavy atom. The van der Waals surface area contributed by atoms with Crippen molar-refractivity contribution in [3.05, 3.63) is 48.2 Å². The van der Waals surface area contributed by atoms with Crippen molar-refractivity contribution in [1.82, 2.24) is 4.98 Å². The summed E-state index contributed by atoms with van der Waals surface area (Å²) in [6, 6.07) is 11.5. The van der Waals surface area contributed by atoms with Crippen LogP contribution in [0, 0.1) is 0 Å². The molecule has 1 atom stereocenters. The summed E-state index contributed by atoms with van der Waals surface area (Å²) in [7, 11) is 1.54. The number of carbonyl (C=O) groups is 1. The molecule has 0 saturated carbocycles. The van der Waals surface area contributed by atoms with E-state index in [2.05, 4.69) is 15.6 Å². The number of nitrogens with one attached hydrogen (secondary N) is 2. The summed E-state index contributed by atoms with van der Waals surface area (Å²) in [4.78, 5) is 16.7. The lowest BCUT2D eigenvalue weighted by atomic mass is 9.90. The number of hydrogen-bond acceptors (Lipinski definition) is 4. The number of fused-ring (bicyclic) bond motifs is 1. The van der Waals surface area contributed by atoms with E-state index < -0.39 is 0 Å². The Hall–Kier alpha value is -2.56. The van der Waals surface area contributed by atoms with Gasteiger partial charge in [-0.25, -0.2) is 4.98 Å². The minimum absolute atomic E-state index is 0.0322. The van der Waals surface area contributed by atoms with Gasteiger partial charge in [0.05, 0.1) is 13.0 Å². The van der Waals surface area contributed by atoms with Gasteiger partial charge in [-0.1, -0.05) is 18.2 Å². The first-order chi connectivity index (χ1) is 10.3. The van der Waals surface area contributed by atoms with Crippen molar-refractivity contribution in [3.8, 4) is 5.88 Å². The topological polar surface area (TPSA) is 63.2 Å². The smallest absolute Gasteiger partial charge is 0.237 e. The zero-order valence-electron chi connectivity index (χ0n) is 11.8. The summed E-state index contributed by atoms with van der Waals surface area (Å²) in [5, 5.41) is 6.23. The Labute approximate surface area is 123 Å². The van der Waals surface area contributed by atoms with Gasteiger partial charge in [0.2, 0.25) is 11.8 Å². The predicted octanol–water partition coefficient (Wildman–Crippen LogP) is 2.63. The number of carbonyl (C=O) groups excluding carboxylic acids is 1. The second-order valence-corrected chi connectivity index (χ2v) is 4.90. The van der Waals surface area contributed by atoms with Gasteiger partial charge in [0.1, 0.15) is 5.69 Å². The second-order valence-electron chi connectivity index (χ2n) is 4.90. The van der Waals surface area contributed by atoms with Gasteiger partial charge < -0.3 is 15.4 Å². The van der Waals surface area contributed by atoms with Gasteiger partial charge in [-0.15, -0.1) is 0 Å². The average molecular weight is 283 g/mol. The number of rotatable bonds is 3. The summed E-state index contributed by atoms with van der Waals surface area (Å²) in [6.45, 7) is 0.791. The van der Waals surface area contributed by atoms with Crippen LogP contribution in [0.3, 0.4) is 0 Å². The van der Waals surface area contributed by atoms with Gasteiger partial charge in [-0.2, -0.15) is 0 Å². The monoisotopic (exact) mass is 283 g/mol. The molecule has 2 N–H and O–H groups in total. The molecule has 2 heterocycles. The fourth-order valence-electron chi connectivity index (χ4n) is 2.61. The third kappa shape index (κ3) is 2.67. The summed E-state index contributed by atoms with van der Waals surface area (Å²) < 4.78 is 5.16. The van der Waals surface area contributed by atoms with E-state index >= 15 is 0 Å². The number of ether oxygens (including phenoxy) is 1. The van der Waals surface area contributed by atoms with Crippen molar-refractivity contribution in [1.29, 1.82) is 0 Å². The zero-order chi connectivity index (χ0) is 14.7. The molecule has 21 heavy (non-hydrogen) atoms. The van der Waals surface area contributed by atoms with E-state index in [-0.39, 0.29) is 11.8 Å². The number of methoxy groups -OCH3 is 1. The van der Waals surface area contributed by atoms with E-state index in [0.29, 0.717) is 11.6 Å². The Kier molecular flexibility index (Phi) is 3.73. The first kappa shape index (κ1) is 13.4. The van der Waals surface area contributed by atoms with Crippen LogP contribution < -0.4 is 15.4 Å². The van der Waals surface area contributed by atoms with Crippen molar-refractivity contribution in [2.75, 3.05) is 24.3 Å². The van der Waals surface area contributed by atoms with E-state index in [1.165, 1.54) is 7.11 Å². The molecule has 0 fully saturated rings. The van der Waals surface area contributed by atoms with Crippen molar-refractivity contribution in [3.63, 3.8) is 0 Å². The van der Waals surface area contributed by atoms with Crippen LogP contribution in [0.5, 0.6) is 5.88 Å². The number of nitrogens with zero attached hydrogens (tertiary/aromatic N) is 1. The molecule has 2 aromatic rings. The molecule has 1 aromatic heterocycles. The number of benzene rings is 1.